The van der Waals surface area contributed by atoms with Crippen molar-refractivity contribution in [3.63, 3.8) is 0 Å². The van der Waals surface area contributed by atoms with Gasteiger partial charge in [-0.15, -0.1) is 0 Å². The summed E-state index contributed by atoms with van der Waals surface area (Å²) in [5, 5.41) is 29.2. The number of hydrogen-bond acceptors (Lipinski definition) is 6. The number of carbonyl (C=O) groups is 1. The minimum Gasteiger partial charge on any atom is -0.398 e. The average Bonchev–Trinajstić information content (AvgIpc) is 2.26. The number of carbonyl (C=O) groups excluding carboxylic acids is 1. The third-order valence-electron chi connectivity index (χ3n) is 2.19. The summed E-state index contributed by atoms with van der Waals surface area (Å²) < 4.78 is 0. The van der Waals surface area contributed by atoms with Gasteiger partial charge in [0, 0.05) is 23.4 Å². The molecule has 1 rings (SSSR count). The van der Waals surface area contributed by atoms with Crippen molar-refractivity contribution < 1.29 is 19.9 Å². The molecule has 2 atom stereocenters. The number of aliphatic hydroxyl groups excluding tert-OH is 2. The van der Waals surface area contributed by atoms with E-state index in [1.54, 1.807) is 0 Å². The summed E-state index contributed by atoms with van der Waals surface area (Å²) in [6, 6.07) is 3.28. The number of aliphatic hydroxyl groups is 2. The number of nitro groups is 1. The summed E-state index contributed by atoms with van der Waals surface area (Å²) in [5.74, 6) is -1.12. The number of primary amides is 1. The van der Waals surface area contributed by atoms with Gasteiger partial charge in [-0.2, -0.15) is 0 Å². The Kier molecular flexibility index (Phi) is 3.61. The molecular weight excluding hydrogens is 230 g/mol. The molecule has 1 aromatic carbocycles. The van der Waals surface area contributed by atoms with Crippen molar-refractivity contribution in [3.05, 3.63) is 33.9 Å². The van der Waals surface area contributed by atoms with Gasteiger partial charge < -0.3 is 21.7 Å². The Morgan fingerprint density at radius 3 is 2.41 bits per heavy atom. The molecule has 1 amide bonds. The lowest BCUT2D eigenvalue weighted by molar-refractivity contribution is -0.384. The Hall–Kier alpha value is -2.19. The molecule has 0 fully saturated rings. The number of amides is 1. The highest BCUT2D eigenvalue weighted by molar-refractivity contribution is 5.79. The zero-order valence-corrected chi connectivity index (χ0v) is 8.61. The maximum absolute atomic E-state index is 10.7. The first-order chi connectivity index (χ1) is 7.84. The van der Waals surface area contributed by atoms with Crippen LogP contribution in [0.1, 0.15) is 11.7 Å². The lowest BCUT2D eigenvalue weighted by atomic mass is 10.0. The van der Waals surface area contributed by atoms with E-state index in [1.807, 2.05) is 0 Å². The second-order valence-corrected chi connectivity index (χ2v) is 3.36. The van der Waals surface area contributed by atoms with Crippen LogP contribution in [-0.2, 0) is 4.79 Å². The van der Waals surface area contributed by atoms with Crippen LogP contribution in [0.4, 0.5) is 11.4 Å². The molecule has 92 valence electrons. The molecule has 0 saturated heterocycles. The highest BCUT2D eigenvalue weighted by Gasteiger charge is 2.25. The van der Waals surface area contributed by atoms with Gasteiger partial charge in [-0.25, -0.2) is 0 Å². The summed E-state index contributed by atoms with van der Waals surface area (Å²) in [4.78, 5) is 20.4. The molecule has 0 aliphatic rings. The maximum Gasteiger partial charge on any atom is 0.271 e. The Bertz CT molecular complexity index is 462. The monoisotopic (exact) mass is 241 g/mol. The van der Waals surface area contributed by atoms with Gasteiger partial charge in [-0.3, -0.25) is 14.9 Å². The molecule has 6 N–H and O–H groups in total. The first kappa shape index (κ1) is 12.9. The normalized spacial score (nSPS) is 14.0. The van der Waals surface area contributed by atoms with Crippen molar-refractivity contribution in [2.24, 2.45) is 5.73 Å². The summed E-state index contributed by atoms with van der Waals surface area (Å²) in [6.07, 6.45) is -3.44. The highest BCUT2D eigenvalue weighted by Crippen LogP contribution is 2.26. The number of non-ortho nitro benzene ring substituents is 1. The number of benzene rings is 1. The summed E-state index contributed by atoms with van der Waals surface area (Å²) >= 11 is 0. The van der Waals surface area contributed by atoms with Crippen LogP contribution in [0.2, 0.25) is 0 Å². The number of hydrogen-bond donors (Lipinski definition) is 4. The molecule has 8 nitrogen and oxygen atoms in total. The van der Waals surface area contributed by atoms with E-state index in [1.165, 1.54) is 0 Å². The van der Waals surface area contributed by atoms with E-state index in [0.717, 1.165) is 18.2 Å². The average molecular weight is 241 g/mol. The third-order valence-corrected chi connectivity index (χ3v) is 2.19. The number of anilines is 1. The fourth-order valence-electron chi connectivity index (χ4n) is 1.27. The van der Waals surface area contributed by atoms with Crippen molar-refractivity contribution in [1.29, 1.82) is 0 Å². The van der Waals surface area contributed by atoms with Gasteiger partial charge in [0.05, 0.1) is 4.92 Å². The molecule has 0 aliphatic heterocycles. The van der Waals surface area contributed by atoms with Gasteiger partial charge in [-0.1, -0.05) is 0 Å². The fourth-order valence-corrected chi connectivity index (χ4v) is 1.27. The van der Waals surface area contributed by atoms with Gasteiger partial charge in [0.15, 0.2) is 6.10 Å². The van der Waals surface area contributed by atoms with Gasteiger partial charge in [0.1, 0.15) is 6.10 Å². The van der Waals surface area contributed by atoms with Crippen LogP contribution in [0.25, 0.3) is 0 Å². The molecule has 0 spiro atoms. The smallest absolute Gasteiger partial charge is 0.271 e. The molecule has 8 heteroatoms. The van der Waals surface area contributed by atoms with Crippen LogP contribution in [0.3, 0.4) is 0 Å². The molecule has 0 saturated carbocycles. The van der Waals surface area contributed by atoms with Crippen molar-refractivity contribution >= 4 is 17.3 Å². The van der Waals surface area contributed by atoms with Gasteiger partial charge in [0.2, 0.25) is 5.91 Å². The van der Waals surface area contributed by atoms with Gasteiger partial charge in [0.25, 0.3) is 5.69 Å². The first-order valence-electron chi connectivity index (χ1n) is 4.54. The van der Waals surface area contributed by atoms with Gasteiger partial charge in [-0.05, 0) is 6.07 Å². The van der Waals surface area contributed by atoms with E-state index in [0.29, 0.717) is 0 Å². The van der Waals surface area contributed by atoms with Crippen molar-refractivity contribution in [3.8, 4) is 0 Å². The minimum absolute atomic E-state index is 0.00176. The standard InChI is InChI=1S/C9H11N3O5/c10-6-3-4(12(16)17)1-2-5(6)7(13)8(14)9(11)15/h1-3,7-8,13-14H,10H2,(H2,11,15). The second kappa shape index (κ2) is 4.76. The predicted molar refractivity (Wildman–Crippen MR) is 57.7 cm³/mol. The predicted octanol–water partition coefficient (Wildman–Crippen LogP) is -0.943. The zero-order chi connectivity index (χ0) is 13.2. The Labute approximate surface area is 95.6 Å². The summed E-state index contributed by atoms with van der Waals surface area (Å²) in [6.45, 7) is 0. The molecule has 17 heavy (non-hydrogen) atoms. The van der Waals surface area contributed by atoms with Crippen LogP contribution >= 0.6 is 0 Å². The maximum atomic E-state index is 10.7. The molecule has 0 radical (unpaired) electrons. The Morgan fingerprint density at radius 2 is 2.00 bits per heavy atom. The molecule has 0 aliphatic carbocycles. The number of nitrogen functional groups attached to an aromatic ring is 1. The summed E-state index contributed by atoms with van der Waals surface area (Å²) in [5.41, 5.74) is 9.91. The molecule has 0 bridgehead atoms. The summed E-state index contributed by atoms with van der Waals surface area (Å²) in [7, 11) is 0. The van der Waals surface area contributed by atoms with Crippen LogP contribution in [0.5, 0.6) is 0 Å². The first-order valence-corrected chi connectivity index (χ1v) is 4.54. The molecule has 0 aromatic heterocycles. The van der Waals surface area contributed by atoms with Crippen LogP contribution in [0.15, 0.2) is 18.2 Å². The van der Waals surface area contributed by atoms with E-state index in [-0.39, 0.29) is 16.9 Å². The number of rotatable bonds is 4. The minimum atomic E-state index is -1.82. The van der Waals surface area contributed by atoms with E-state index in [9.17, 15) is 25.1 Å². The molecule has 0 heterocycles. The van der Waals surface area contributed by atoms with Crippen molar-refractivity contribution in [1.82, 2.24) is 0 Å². The molecule has 1 aromatic rings. The fraction of sp³-hybridized carbons (Fsp3) is 0.222. The highest BCUT2D eigenvalue weighted by atomic mass is 16.6. The van der Waals surface area contributed by atoms with Crippen molar-refractivity contribution in [2.75, 3.05) is 5.73 Å². The number of nitrogens with two attached hydrogens (primary N) is 2. The van der Waals surface area contributed by atoms with E-state index in [2.05, 4.69) is 0 Å². The van der Waals surface area contributed by atoms with Crippen LogP contribution in [-0.4, -0.2) is 27.1 Å². The SMILES string of the molecule is NC(=O)C(O)C(O)c1ccc([N+](=O)[O-])cc1N. The third kappa shape index (κ3) is 2.68. The largest absolute Gasteiger partial charge is 0.398 e. The lowest BCUT2D eigenvalue weighted by Crippen LogP contribution is -2.34. The second-order valence-electron chi connectivity index (χ2n) is 3.36. The lowest BCUT2D eigenvalue weighted by Gasteiger charge is -2.16. The van der Waals surface area contributed by atoms with E-state index >= 15 is 0 Å². The molecular formula is C9H11N3O5. The van der Waals surface area contributed by atoms with E-state index < -0.39 is 23.0 Å². The number of nitrogens with zero attached hydrogens (tertiary/aromatic N) is 1. The van der Waals surface area contributed by atoms with Crippen LogP contribution < -0.4 is 11.5 Å². The Balaban J connectivity index is 3.08. The molecule has 2 unspecified atom stereocenters. The number of nitro benzene ring substituents is 1. The van der Waals surface area contributed by atoms with E-state index in [4.69, 9.17) is 11.5 Å². The zero-order valence-electron chi connectivity index (χ0n) is 8.61. The Morgan fingerprint density at radius 1 is 1.41 bits per heavy atom. The van der Waals surface area contributed by atoms with Gasteiger partial charge >= 0.3 is 0 Å². The van der Waals surface area contributed by atoms with Crippen molar-refractivity contribution in [2.45, 2.75) is 12.2 Å². The van der Waals surface area contributed by atoms with Crippen LogP contribution in [0, 0.1) is 10.1 Å². The topological polar surface area (TPSA) is 153 Å². The quantitative estimate of drug-likeness (QED) is 0.303.